The first kappa shape index (κ1) is 18.8. The molecule has 0 rings (SSSR count). The Bertz CT molecular complexity index is 181. The van der Waals surface area contributed by atoms with Gasteiger partial charge in [-0.1, -0.05) is 27.2 Å². The van der Waals surface area contributed by atoms with E-state index in [1.165, 1.54) is 12.8 Å². The van der Waals surface area contributed by atoms with Crippen LogP contribution in [0.5, 0.6) is 0 Å². The fourth-order valence-electron chi connectivity index (χ4n) is 2.18. The lowest BCUT2D eigenvalue weighted by Gasteiger charge is -2.31. The van der Waals surface area contributed by atoms with Crippen LogP contribution in [0.25, 0.3) is 0 Å². The van der Waals surface area contributed by atoms with E-state index < -0.39 is 0 Å². The van der Waals surface area contributed by atoms with Crippen molar-refractivity contribution in [2.45, 2.75) is 39.7 Å². The maximum Gasteiger partial charge on any atom is 0.0589 e. The van der Waals surface area contributed by atoms with Crippen molar-refractivity contribution in [3.05, 3.63) is 0 Å². The van der Waals surface area contributed by atoms with Crippen molar-refractivity contribution in [3.8, 4) is 0 Å². The summed E-state index contributed by atoms with van der Waals surface area (Å²) in [5.74, 6) is 0.702. The SMILES string of the molecule is CCCC(CNCC(C)C)N(CCOC)CCOC. The molecule has 0 aromatic heterocycles. The van der Waals surface area contributed by atoms with Crippen LogP contribution in [0.1, 0.15) is 33.6 Å². The van der Waals surface area contributed by atoms with Gasteiger partial charge in [0.15, 0.2) is 0 Å². The summed E-state index contributed by atoms with van der Waals surface area (Å²) in [5, 5.41) is 3.58. The van der Waals surface area contributed by atoms with Gasteiger partial charge in [-0.15, -0.1) is 0 Å². The molecule has 0 fully saturated rings. The summed E-state index contributed by atoms with van der Waals surface area (Å²) in [5.41, 5.74) is 0. The second-order valence-corrected chi connectivity index (χ2v) is 5.52. The topological polar surface area (TPSA) is 33.7 Å². The molecular formula is C15H34N2O2. The highest BCUT2D eigenvalue weighted by molar-refractivity contribution is 4.74. The molecule has 0 aliphatic rings. The van der Waals surface area contributed by atoms with Gasteiger partial charge in [0.25, 0.3) is 0 Å². The summed E-state index contributed by atoms with van der Waals surface area (Å²) >= 11 is 0. The zero-order chi connectivity index (χ0) is 14.5. The fourth-order valence-corrected chi connectivity index (χ4v) is 2.18. The van der Waals surface area contributed by atoms with Gasteiger partial charge in [0.05, 0.1) is 13.2 Å². The number of rotatable bonds is 13. The summed E-state index contributed by atoms with van der Waals surface area (Å²) in [7, 11) is 3.53. The van der Waals surface area contributed by atoms with Crippen molar-refractivity contribution in [1.82, 2.24) is 10.2 Å². The smallest absolute Gasteiger partial charge is 0.0589 e. The minimum atomic E-state index is 0.578. The molecule has 0 aliphatic heterocycles. The van der Waals surface area contributed by atoms with Crippen LogP contribution in [-0.4, -0.2) is 64.6 Å². The number of hydrogen-bond donors (Lipinski definition) is 1. The lowest BCUT2D eigenvalue weighted by molar-refractivity contribution is 0.0832. The van der Waals surface area contributed by atoms with Crippen LogP contribution in [0.2, 0.25) is 0 Å². The van der Waals surface area contributed by atoms with E-state index in [1.807, 2.05) is 0 Å². The van der Waals surface area contributed by atoms with Crippen LogP contribution < -0.4 is 5.32 Å². The second-order valence-electron chi connectivity index (χ2n) is 5.52. The number of nitrogens with one attached hydrogen (secondary N) is 1. The molecule has 4 heteroatoms. The summed E-state index contributed by atoms with van der Waals surface area (Å²) < 4.78 is 10.4. The third kappa shape index (κ3) is 10.3. The molecule has 1 unspecified atom stereocenters. The molecule has 116 valence electrons. The van der Waals surface area contributed by atoms with Crippen molar-refractivity contribution in [2.24, 2.45) is 5.92 Å². The normalized spacial score (nSPS) is 13.4. The highest BCUT2D eigenvalue weighted by Gasteiger charge is 2.17. The predicted molar refractivity (Wildman–Crippen MR) is 81.7 cm³/mol. The maximum absolute atomic E-state index is 5.22. The molecule has 1 N–H and O–H groups in total. The Kier molecular flexibility index (Phi) is 12.7. The van der Waals surface area contributed by atoms with Gasteiger partial charge in [0.2, 0.25) is 0 Å². The summed E-state index contributed by atoms with van der Waals surface area (Å²) in [6, 6.07) is 0.578. The molecule has 19 heavy (non-hydrogen) atoms. The van der Waals surface area contributed by atoms with E-state index >= 15 is 0 Å². The van der Waals surface area contributed by atoms with Crippen molar-refractivity contribution >= 4 is 0 Å². The minimum Gasteiger partial charge on any atom is -0.383 e. The Labute approximate surface area is 119 Å². The van der Waals surface area contributed by atoms with E-state index in [0.29, 0.717) is 12.0 Å². The molecule has 0 radical (unpaired) electrons. The first-order valence-electron chi connectivity index (χ1n) is 7.58. The highest BCUT2D eigenvalue weighted by atomic mass is 16.5. The standard InChI is InChI=1S/C15H34N2O2/c1-6-7-15(13-16-12-14(2)3)17(8-10-18-4)9-11-19-5/h14-16H,6-13H2,1-5H3. The van der Waals surface area contributed by atoms with E-state index in [0.717, 1.165) is 39.4 Å². The zero-order valence-corrected chi connectivity index (χ0v) is 13.6. The Morgan fingerprint density at radius 3 is 2.00 bits per heavy atom. The largest absolute Gasteiger partial charge is 0.383 e. The summed E-state index contributed by atoms with van der Waals surface area (Å²) in [4.78, 5) is 2.49. The third-order valence-electron chi connectivity index (χ3n) is 3.24. The van der Waals surface area contributed by atoms with Crippen molar-refractivity contribution in [2.75, 3.05) is 53.6 Å². The number of methoxy groups -OCH3 is 2. The van der Waals surface area contributed by atoms with Gasteiger partial charge < -0.3 is 14.8 Å². The molecule has 0 aromatic rings. The second kappa shape index (κ2) is 12.9. The molecule has 0 amide bonds. The predicted octanol–water partition coefficient (Wildman–Crippen LogP) is 2.00. The summed E-state index contributed by atoms with van der Waals surface area (Å²) in [6.07, 6.45) is 2.43. The first-order valence-corrected chi connectivity index (χ1v) is 7.58. The Hall–Kier alpha value is -0.160. The van der Waals surface area contributed by atoms with Crippen molar-refractivity contribution < 1.29 is 9.47 Å². The fraction of sp³-hybridized carbons (Fsp3) is 1.00. The van der Waals surface area contributed by atoms with Crippen LogP contribution in [0.4, 0.5) is 0 Å². The molecule has 0 aromatic carbocycles. The number of ether oxygens (including phenoxy) is 2. The molecular weight excluding hydrogens is 240 g/mol. The number of hydrogen-bond acceptors (Lipinski definition) is 4. The van der Waals surface area contributed by atoms with Gasteiger partial charge in [-0.2, -0.15) is 0 Å². The van der Waals surface area contributed by atoms with Crippen LogP contribution in [0.15, 0.2) is 0 Å². The first-order chi connectivity index (χ1) is 9.15. The number of nitrogens with zero attached hydrogens (tertiary/aromatic N) is 1. The molecule has 0 heterocycles. The Morgan fingerprint density at radius 1 is 1.00 bits per heavy atom. The van der Waals surface area contributed by atoms with Crippen LogP contribution in [0.3, 0.4) is 0 Å². The van der Waals surface area contributed by atoms with Crippen LogP contribution in [0, 0.1) is 5.92 Å². The highest BCUT2D eigenvalue weighted by Crippen LogP contribution is 2.07. The van der Waals surface area contributed by atoms with Gasteiger partial charge in [-0.05, 0) is 18.9 Å². The van der Waals surface area contributed by atoms with E-state index in [1.54, 1.807) is 14.2 Å². The third-order valence-corrected chi connectivity index (χ3v) is 3.24. The van der Waals surface area contributed by atoms with E-state index in [9.17, 15) is 0 Å². The summed E-state index contributed by atoms with van der Waals surface area (Å²) in [6.45, 7) is 12.4. The quantitative estimate of drug-likeness (QED) is 0.557. The molecule has 0 bridgehead atoms. The minimum absolute atomic E-state index is 0.578. The zero-order valence-electron chi connectivity index (χ0n) is 13.6. The van der Waals surface area contributed by atoms with Crippen molar-refractivity contribution in [3.63, 3.8) is 0 Å². The van der Waals surface area contributed by atoms with Gasteiger partial charge in [0, 0.05) is 39.9 Å². The van der Waals surface area contributed by atoms with E-state index in [-0.39, 0.29) is 0 Å². The van der Waals surface area contributed by atoms with Crippen LogP contribution in [-0.2, 0) is 9.47 Å². The van der Waals surface area contributed by atoms with E-state index in [2.05, 4.69) is 31.0 Å². The molecule has 1 atom stereocenters. The van der Waals surface area contributed by atoms with E-state index in [4.69, 9.17) is 9.47 Å². The molecule has 4 nitrogen and oxygen atoms in total. The van der Waals surface area contributed by atoms with Gasteiger partial charge in [0.1, 0.15) is 0 Å². The molecule has 0 spiro atoms. The molecule has 0 aliphatic carbocycles. The van der Waals surface area contributed by atoms with Crippen LogP contribution >= 0.6 is 0 Å². The average Bonchev–Trinajstić information content (AvgIpc) is 2.38. The average molecular weight is 274 g/mol. The lowest BCUT2D eigenvalue weighted by atomic mass is 10.1. The lowest BCUT2D eigenvalue weighted by Crippen LogP contribution is -2.45. The van der Waals surface area contributed by atoms with Crippen molar-refractivity contribution in [1.29, 1.82) is 0 Å². The maximum atomic E-state index is 5.22. The molecule has 0 saturated heterocycles. The Balaban J connectivity index is 4.27. The van der Waals surface area contributed by atoms with Gasteiger partial charge in [-0.25, -0.2) is 0 Å². The Morgan fingerprint density at radius 2 is 1.58 bits per heavy atom. The van der Waals surface area contributed by atoms with Gasteiger partial charge >= 0.3 is 0 Å². The van der Waals surface area contributed by atoms with Gasteiger partial charge in [-0.3, -0.25) is 4.90 Å². The monoisotopic (exact) mass is 274 g/mol. The molecule has 0 saturated carbocycles.